The molecule has 1 nitrogen and oxygen atoms in total. The van der Waals surface area contributed by atoms with Crippen LogP contribution in [0.4, 0.5) is 0 Å². The normalized spacial score (nSPS) is 20.5. The number of halogens is 1. The lowest BCUT2D eigenvalue weighted by molar-refractivity contribution is 0.693. The molecule has 1 aromatic heterocycles. The van der Waals surface area contributed by atoms with Gasteiger partial charge >= 0.3 is 0 Å². The minimum atomic E-state index is 0.230. The molecule has 0 N–H and O–H groups in total. The van der Waals surface area contributed by atoms with E-state index in [1.807, 2.05) is 6.07 Å². The van der Waals surface area contributed by atoms with Crippen LogP contribution in [0, 0.1) is 0 Å². The maximum absolute atomic E-state index is 6.16. The van der Waals surface area contributed by atoms with E-state index in [1.165, 1.54) is 28.1 Å². The van der Waals surface area contributed by atoms with Crippen molar-refractivity contribution in [3.05, 3.63) is 40.9 Å². The zero-order chi connectivity index (χ0) is 11.7. The average Bonchev–Trinajstić information content (AvgIpc) is 2.71. The van der Waals surface area contributed by atoms with Gasteiger partial charge in [0.1, 0.15) is 0 Å². The standard InChI is InChI=1S/C14H14ClNS/c15-11-5-3-4-10(8-11)9-14-16-12-6-1-2-7-13(12)17-14/h1-2,6-8,11H,3-5,9H2. The second-order valence-corrected chi connectivity index (χ2v) is 6.16. The third-order valence-corrected chi connectivity index (χ3v) is 4.49. The van der Waals surface area contributed by atoms with Gasteiger partial charge in [-0.25, -0.2) is 4.98 Å². The highest BCUT2D eigenvalue weighted by molar-refractivity contribution is 7.18. The van der Waals surface area contributed by atoms with Crippen LogP contribution in [0.3, 0.4) is 0 Å². The SMILES string of the molecule is ClC1C=C(Cc2nc3ccccc3s2)CCC1. The summed E-state index contributed by atoms with van der Waals surface area (Å²) >= 11 is 7.96. The minimum absolute atomic E-state index is 0.230. The molecule has 1 aliphatic carbocycles. The number of rotatable bonds is 2. The van der Waals surface area contributed by atoms with Crippen LogP contribution in [0.1, 0.15) is 24.3 Å². The highest BCUT2D eigenvalue weighted by Crippen LogP contribution is 2.28. The van der Waals surface area contributed by atoms with Crippen molar-refractivity contribution in [1.82, 2.24) is 4.98 Å². The molecular weight excluding hydrogens is 250 g/mol. The van der Waals surface area contributed by atoms with E-state index in [1.54, 1.807) is 11.3 Å². The van der Waals surface area contributed by atoms with Gasteiger partial charge in [0.05, 0.1) is 20.6 Å². The fourth-order valence-electron chi connectivity index (χ4n) is 2.28. The Hall–Kier alpha value is -0.860. The predicted octanol–water partition coefficient (Wildman–Crippen LogP) is 4.56. The van der Waals surface area contributed by atoms with Gasteiger partial charge in [0.25, 0.3) is 0 Å². The summed E-state index contributed by atoms with van der Waals surface area (Å²) in [6.45, 7) is 0. The number of hydrogen-bond acceptors (Lipinski definition) is 2. The maximum Gasteiger partial charge on any atom is 0.0979 e. The number of fused-ring (bicyclic) bond motifs is 1. The molecule has 0 saturated carbocycles. The van der Waals surface area contributed by atoms with Crippen molar-refractivity contribution in [2.45, 2.75) is 31.1 Å². The van der Waals surface area contributed by atoms with Gasteiger partial charge in [0, 0.05) is 6.42 Å². The Balaban J connectivity index is 1.85. The van der Waals surface area contributed by atoms with Crippen molar-refractivity contribution in [3.8, 4) is 0 Å². The number of aromatic nitrogens is 1. The van der Waals surface area contributed by atoms with E-state index < -0.39 is 0 Å². The van der Waals surface area contributed by atoms with Crippen molar-refractivity contribution in [2.24, 2.45) is 0 Å². The molecule has 1 atom stereocenters. The Morgan fingerprint density at radius 2 is 2.24 bits per heavy atom. The van der Waals surface area contributed by atoms with Gasteiger partial charge in [0.15, 0.2) is 0 Å². The third-order valence-electron chi connectivity index (χ3n) is 3.11. The zero-order valence-electron chi connectivity index (χ0n) is 9.53. The van der Waals surface area contributed by atoms with Crippen molar-refractivity contribution >= 4 is 33.2 Å². The number of nitrogens with zero attached hydrogens (tertiary/aromatic N) is 1. The molecule has 1 aromatic carbocycles. The zero-order valence-corrected chi connectivity index (χ0v) is 11.1. The molecule has 0 spiro atoms. The summed E-state index contributed by atoms with van der Waals surface area (Å²) < 4.78 is 1.28. The second-order valence-electron chi connectivity index (χ2n) is 4.49. The molecule has 88 valence electrons. The van der Waals surface area contributed by atoms with Gasteiger partial charge in [-0.2, -0.15) is 0 Å². The summed E-state index contributed by atoms with van der Waals surface area (Å²) in [5.41, 5.74) is 2.57. The maximum atomic E-state index is 6.16. The topological polar surface area (TPSA) is 12.9 Å². The Bertz CT molecular complexity index is 525. The van der Waals surface area contributed by atoms with Crippen LogP contribution in [-0.2, 0) is 6.42 Å². The Kier molecular flexibility index (Phi) is 3.17. The lowest BCUT2D eigenvalue weighted by Crippen LogP contribution is -2.04. The van der Waals surface area contributed by atoms with Gasteiger partial charge in [-0.1, -0.05) is 23.8 Å². The molecule has 1 heterocycles. The average molecular weight is 264 g/mol. The van der Waals surface area contributed by atoms with E-state index in [9.17, 15) is 0 Å². The first-order chi connectivity index (χ1) is 8.31. The highest BCUT2D eigenvalue weighted by Gasteiger charge is 2.13. The first-order valence-corrected chi connectivity index (χ1v) is 7.24. The molecule has 0 saturated heterocycles. The first-order valence-electron chi connectivity index (χ1n) is 5.99. The van der Waals surface area contributed by atoms with E-state index >= 15 is 0 Å². The molecule has 1 unspecified atom stereocenters. The van der Waals surface area contributed by atoms with Crippen LogP contribution in [0.2, 0.25) is 0 Å². The third kappa shape index (κ3) is 2.53. The van der Waals surface area contributed by atoms with E-state index in [-0.39, 0.29) is 5.38 Å². The fraction of sp³-hybridized carbons (Fsp3) is 0.357. The van der Waals surface area contributed by atoms with E-state index in [2.05, 4.69) is 29.3 Å². The van der Waals surface area contributed by atoms with E-state index in [0.29, 0.717) is 0 Å². The molecule has 2 aromatic rings. The molecule has 0 fully saturated rings. The highest BCUT2D eigenvalue weighted by atomic mass is 35.5. The molecule has 1 aliphatic rings. The number of thiazole rings is 1. The Labute approximate surface area is 110 Å². The van der Waals surface area contributed by atoms with Crippen molar-refractivity contribution in [1.29, 1.82) is 0 Å². The van der Waals surface area contributed by atoms with Gasteiger partial charge in [-0.05, 0) is 31.4 Å². The van der Waals surface area contributed by atoms with E-state index in [4.69, 9.17) is 11.6 Å². The van der Waals surface area contributed by atoms with Crippen LogP contribution in [-0.4, -0.2) is 10.4 Å². The molecule has 0 amide bonds. The molecule has 3 heteroatoms. The summed E-state index contributed by atoms with van der Waals surface area (Å²) in [7, 11) is 0. The second kappa shape index (κ2) is 4.79. The quantitative estimate of drug-likeness (QED) is 0.572. The van der Waals surface area contributed by atoms with E-state index in [0.717, 1.165) is 18.4 Å². The van der Waals surface area contributed by atoms with Crippen LogP contribution < -0.4 is 0 Å². The largest absolute Gasteiger partial charge is 0.241 e. The van der Waals surface area contributed by atoms with Crippen molar-refractivity contribution < 1.29 is 0 Å². The summed E-state index contributed by atoms with van der Waals surface area (Å²) in [6, 6.07) is 8.32. The van der Waals surface area contributed by atoms with Crippen molar-refractivity contribution in [3.63, 3.8) is 0 Å². The first kappa shape index (κ1) is 11.2. The predicted molar refractivity (Wildman–Crippen MR) is 74.9 cm³/mol. The van der Waals surface area contributed by atoms with Gasteiger partial charge in [-0.15, -0.1) is 22.9 Å². The summed E-state index contributed by atoms with van der Waals surface area (Å²) in [5.74, 6) is 0. The number of benzene rings is 1. The smallest absolute Gasteiger partial charge is 0.0979 e. The molecule has 0 aliphatic heterocycles. The summed E-state index contributed by atoms with van der Waals surface area (Å²) in [5, 5.41) is 1.44. The molecule has 0 radical (unpaired) electrons. The number of alkyl halides is 1. The Morgan fingerprint density at radius 1 is 1.35 bits per heavy atom. The van der Waals surface area contributed by atoms with Gasteiger partial charge in [-0.3, -0.25) is 0 Å². The lowest BCUT2D eigenvalue weighted by atomic mass is 9.97. The number of para-hydroxylation sites is 1. The Morgan fingerprint density at radius 3 is 3.06 bits per heavy atom. The monoisotopic (exact) mass is 263 g/mol. The number of hydrogen-bond donors (Lipinski definition) is 0. The van der Waals surface area contributed by atoms with Crippen LogP contribution in [0.15, 0.2) is 35.9 Å². The van der Waals surface area contributed by atoms with Crippen molar-refractivity contribution in [2.75, 3.05) is 0 Å². The summed E-state index contributed by atoms with van der Waals surface area (Å²) in [4.78, 5) is 4.67. The molecule has 3 rings (SSSR count). The van der Waals surface area contributed by atoms with Crippen LogP contribution in [0.5, 0.6) is 0 Å². The number of allylic oxidation sites excluding steroid dienone is 2. The van der Waals surface area contributed by atoms with Gasteiger partial charge < -0.3 is 0 Å². The molecular formula is C14H14ClNS. The van der Waals surface area contributed by atoms with Gasteiger partial charge in [0.2, 0.25) is 0 Å². The van der Waals surface area contributed by atoms with Crippen LogP contribution in [0.25, 0.3) is 10.2 Å². The molecule has 17 heavy (non-hydrogen) atoms. The fourth-order valence-corrected chi connectivity index (χ4v) is 3.64. The summed E-state index contributed by atoms with van der Waals surface area (Å²) in [6.07, 6.45) is 6.70. The minimum Gasteiger partial charge on any atom is -0.241 e. The van der Waals surface area contributed by atoms with Crippen LogP contribution >= 0.6 is 22.9 Å². The lowest BCUT2D eigenvalue weighted by Gasteiger charge is -2.15. The molecule has 0 bridgehead atoms.